The Morgan fingerprint density at radius 3 is 2.69 bits per heavy atom. The number of nitrogens with zero attached hydrogens (tertiary/aromatic N) is 2. The smallest absolute Gasteiger partial charge is 0.0766 e. The SMILES string of the molecule is CCc1nn(C)c(CCC(Br)C2CC2)c1Br. The minimum atomic E-state index is 0.694. The molecule has 1 heterocycles. The molecular weight excluding hydrogens is 332 g/mol. The second-order valence-corrected chi connectivity index (χ2v) is 6.55. The Labute approximate surface area is 114 Å². The van der Waals surface area contributed by atoms with Gasteiger partial charge in [0.15, 0.2) is 0 Å². The predicted octanol–water partition coefficient (Wildman–Crippen LogP) is 3.85. The zero-order chi connectivity index (χ0) is 11.7. The molecule has 0 bridgehead atoms. The van der Waals surface area contributed by atoms with Crippen molar-refractivity contribution < 1.29 is 0 Å². The topological polar surface area (TPSA) is 17.8 Å². The lowest BCUT2D eigenvalue weighted by atomic mass is 10.1. The molecular formula is C12H18Br2N2. The van der Waals surface area contributed by atoms with Crippen LogP contribution in [0, 0.1) is 5.92 Å². The molecule has 1 saturated carbocycles. The summed E-state index contributed by atoms with van der Waals surface area (Å²) in [4.78, 5) is 0.694. The van der Waals surface area contributed by atoms with Crippen molar-refractivity contribution >= 4 is 31.9 Å². The van der Waals surface area contributed by atoms with Gasteiger partial charge in [0.25, 0.3) is 0 Å². The summed E-state index contributed by atoms with van der Waals surface area (Å²) in [6.45, 7) is 2.15. The zero-order valence-corrected chi connectivity index (χ0v) is 13.0. The number of aryl methyl sites for hydroxylation is 2. The Morgan fingerprint density at radius 1 is 1.50 bits per heavy atom. The van der Waals surface area contributed by atoms with Gasteiger partial charge in [0.2, 0.25) is 0 Å². The molecule has 16 heavy (non-hydrogen) atoms. The molecule has 0 N–H and O–H groups in total. The molecule has 1 unspecified atom stereocenters. The third-order valence-electron chi connectivity index (χ3n) is 3.29. The van der Waals surface area contributed by atoms with Gasteiger partial charge in [-0.15, -0.1) is 0 Å². The molecule has 4 heteroatoms. The largest absolute Gasteiger partial charge is 0.271 e. The third-order valence-corrected chi connectivity index (χ3v) is 5.41. The van der Waals surface area contributed by atoms with Crippen molar-refractivity contribution in [2.24, 2.45) is 13.0 Å². The molecule has 1 aliphatic carbocycles. The number of aromatic nitrogens is 2. The van der Waals surface area contributed by atoms with Gasteiger partial charge in [-0.05, 0) is 54.0 Å². The maximum atomic E-state index is 4.52. The Balaban J connectivity index is 1.99. The molecule has 2 rings (SSSR count). The fraction of sp³-hybridized carbons (Fsp3) is 0.750. The summed E-state index contributed by atoms with van der Waals surface area (Å²) in [6, 6.07) is 0. The molecule has 1 atom stereocenters. The molecule has 2 nitrogen and oxygen atoms in total. The first-order chi connectivity index (χ1) is 7.63. The molecule has 1 fully saturated rings. The van der Waals surface area contributed by atoms with Crippen LogP contribution < -0.4 is 0 Å². The van der Waals surface area contributed by atoms with Gasteiger partial charge in [-0.1, -0.05) is 22.9 Å². The average Bonchev–Trinajstić information content (AvgIpc) is 3.05. The van der Waals surface area contributed by atoms with Gasteiger partial charge in [0, 0.05) is 11.9 Å². The zero-order valence-electron chi connectivity index (χ0n) is 9.84. The average molecular weight is 350 g/mol. The van der Waals surface area contributed by atoms with E-state index in [1.165, 1.54) is 35.1 Å². The van der Waals surface area contributed by atoms with Gasteiger partial charge in [0.1, 0.15) is 0 Å². The molecule has 0 aliphatic heterocycles. The van der Waals surface area contributed by atoms with Crippen LogP contribution >= 0.6 is 31.9 Å². The van der Waals surface area contributed by atoms with E-state index in [4.69, 9.17) is 0 Å². The first-order valence-electron chi connectivity index (χ1n) is 5.97. The molecule has 0 amide bonds. The molecule has 1 aliphatic rings. The first kappa shape index (κ1) is 12.6. The highest BCUT2D eigenvalue weighted by atomic mass is 79.9. The van der Waals surface area contributed by atoms with Gasteiger partial charge in [0.05, 0.1) is 15.9 Å². The summed E-state index contributed by atoms with van der Waals surface area (Å²) < 4.78 is 3.24. The number of hydrogen-bond acceptors (Lipinski definition) is 1. The number of hydrogen-bond donors (Lipinski definition) is 0. The highest BCUT2D eigenvalue weighted by Gasteiger charge is 2.29. The maximum absolute atomic E-state index is 4.52. The number of alkyl halides is 1. The standard InChI is InChI=1S/C12H18Br2N2/c1-3-10-12(14)11(16(2)15-10)7-6-9(13)8-4-5-8/h8-9H,3-7H2,1-2H3. The van der Waals surface area contributed by atoms with Crippen molar-refractivity contribution in [3.63, 3.8) is 0 Å². The Kier molecular flexibility index (Phi) is 4.11. The summed E-state index contributed by atoms with van der Waals surface area (Å²) >= 11 is 7.46. The van der Waals surface area contributed by atoms with Crippen molar-refractivity contribution in [2.75, 3.05) is 0 Å². The summed E-state index contributed by atoms with van der Waals surface area (Å²) in [5.41, 5.74) is 2.51. The van der Waals surface area contributed by atoms with Crippen LogP contribution in [0.15, 0.2) is 4.47 Å². The number of rotatable bonds is 5. The fourth-order valence-corrected chi connectivity index (χ4v) is 3.63. The lowest BCUT2D eigenvalue weighted by Crippen LogP contribution is -2.06. The van der Waals surface area contributed by atoms with E-state index in [0.717, 1.165) is 18.8 Å². The minimum absolute atomic E-state index is 0.694. The lowest BCUT2D eigenvalue weighted by molar-refractivity contribution is 0.641. The summed E-state index contributed by atoms with van der Waals surface area (Å²) in [5.74, 6) is 0.928. The summed E-state index contributed by atoms with van der Waals surface area (Å²) in [5, 5.41) is 4.52. The van der Waals surface area contributed by atoms with E-state index in [2.05, 4.69) is 43.9 Å². The van der Waals surface area contributed by atoms with E-state index >= 15 is 0 Å². The van der Waals surface area contributed by atoms with Crippen LogP contribution in [0.1, 0.15) is 37.6 Å². The second kappa shape index (κ2) is 5.21. The van der Waals surface area contributed by atoms with E-state index < -0.39 is 0 Å². The van der Waals surface area contributed by atoms with E-state index in [1.807, 2.05) is 11.7 Å². The highest BCUT2D eigenvalue weighted by Crippen LogP contribution is 2.39. The van der Waals surface area contributed by atoms with Gasteiger partial charge in [-0.25, -0.2) is 0 Å². The monoisotopic (exact) mass is 348 g/mol. The Hall–Kier alpha value is 0.170. The van der Waals surface area contributed by atoms with E-state index in [9.17, 15) is 0 Å². The van der Waals surface area contributed by atoms with Gasteiger partial charge in [-0.3, -0.25) is 4.68 Å². The molecule has 0 spiro atoms. The second-order valence-electron chi connectivity index (χ2n) is 4.58. The van der Waals surface area contributed by atoms with Crippen LogP contribution in [0.5, 0.6) is 0 Å². The molecule has 1 aromatic heterocycles. The van der Waals surface area contributed by atoms with Crippen molar-refractivity contribution in [1.29, 1.82) is 0 Å². The van der Waals surface area contributed by atoms with E-state index in [-0.39, 0.29) is 0 Å². The molecule has 0 saturated heterocycles. The van der Waals surface area contributed by atoms with Crippen LogP contribution in [0.3, 0.4) is 0 Å². The van der Waals surface area contributed by atoms with Crippen molar-refractivity contribution in [3.05, 3.63) is 15.9 Å². The number of halogens is 2. The van der Waals surface area contributed by atoms with Crippen LogP contribution in [-0.2, 0) is 19.9 Å². The predicted molar refractivity (Wildman–Crippen MR) is 74.0 cm³/mol. The normalized spacial score (nSPS) is 17.8. The Bertz CT molecular complexity index is 369. The van der Waals surface area contributed by atoms with Crippen molar-refractivity contribution in [1.82, 2.24) is 9.78 Å². The van der Waals surface area contributed by atoms with Crippen LogP contribution in [-0.4, -0.2) is 14.6 Å². The summed E-state index contributed by atoms with van der Waals surface area (Å²) in [7, 11) is 2.04. The molecule has 90 valence electrons. The van der Waals surface area contributed by atoms with Crippen LogP contribution in [0.4, 0.5) is 0 Å². The van der Waals surface area contributed by atoms with Gasteiger partial charge in [-0.2, -0.15) is 5.10 Å². The van der Waals surface area contributed by atoms with E-state index in [0.29, 0.717) is 4.83 Å². The first-order valence-corrected chi connectivity index (χ1v) is 7.68. The van der Waals surface area contributed by atoms with Crippen molar-refractivity contribution in [3.8, 4) is 0 Å². The molecule has 0 radical (unpaired) electrons. The minimum Gasteiger partial charge on any atom is -0.271 e. The van der Waals surface area contributed by atoms with E-state index in [1.54, 1.807) is 0 Å². The highest BCUT2D eigenvalue weighted by molar-refractivity contribution is 9.10. The maximum Gasteiger partial charge on any atom is 0.0766 e. The van der Waals surface area contributed by atoms with Crippen LogP contribution in [0.25, 0.3) is 0 Å². The van der Waals surface area contributed by atoms with Gasteiger partial charge >= 0.3 is 0 Å². The summed E-state index contributed by atoms with van der Waals surface area (Å²) in [6.07, 6.45) is 6.13. The lowest BCUT2D eigenvalue weighted by Gasteiger charge is -2.08. The van der Waals surface area contributed by atoms with Crippen molar-refractivity contribution in [2.45, 2.75) is 43.9 Å². The Morgan fingerprint density at radius 2 is 2.19 bits per heavy atom. The van der Waals surface area contributed by atoms with Gasteiger partial charge < -0.3 is 0 Å². The molecule has 0 aromatic carbocycles. The fourth-order valence-electron chi connectivity index (χ4n) is 2.06. The van der Waals surface area contributed by atoms with Crippen LogP contribution in [0.2, 0.25) is 0 Å². The quantitative estimate of drug-likeness (QED) is 0.738. The molecule has 1 aromatic rings. The third kappa shape index (κ3) is 2.70.